The Morgan fingerprint density at radius 3 is 2.67 bits per heavy atom. The van der Waals surface area contributed by atoms with Gasteiger partial charge in [-0.25, -0.2) is 4.68 Å². The third-order valence-electron chi connectivity index (χ3n) is 5.93. The van der Waals surface area contributed by atoms with Crippen molar-refractivity contribution < 1.29 is 14.3 Å². The first kappa shape index (κ1) is 27.0. The molecule has 0 saturated carbocycles. The van der Waals surface area contributed by atoms with Gasteiger partial charge >= 0.3 is 0 Å². The number of nitrogens with one attached hydrogen (secondary N) is 1. The molecule has 1 N–H and O–H groups in total. The first-order chi connectivity index (χ1) is 17.4. The summed E-state index contributed by atoms with van der Waals surface area (Å²) in [5, 5.41) is 11.4. The van der Waals surface area contributed by atoms with Gasteiger partial charge in [-0.1, -0.05) is 43.3 Å². The summed E-state index contributed by atoms with van der Waals surface area (Å²) in [7, 11) is 1.61. The molecule has 3 aromatic rings. The highest BCUT2D eigenvalue weighted by atomic mass is 16.5. The van der Waals surface area contributed by atoms with Crippen LogP contribution in [0.1, 0.15) is 61.9 Å². The van der Waals surface area contributed by atoms with Crippen LogP contribution < -0.4 is 14.8 Å². The molecule has 36 heavy (non-hydrogen) atoms. The minimum Gasteiger partial charge on any atom is -0.493 e. The number of aromatic nitrogens is 3. The number of carbonyl (C=O) groups excluding carboxylic acids is 1. The molecule has 0 radical (unpaired) electrons. The molecule has 0 bridgehead atoms. The van der Waals surface area contributed by atoms with Gasteiger partial charge in [-0.15, -0.1) is 5.10 Å². The predicted octanol–water partition coefficient (Wildman–Crippen LogP) is 5.86. The number of carbonyl (C=O) groups is 1. The van der Waals surface area contributed by atoms with Gasteiger partial charge in [0.25, 0.3) is 0 Å². The summed E-state index contributed by atoms with van der Waals surface area (Å²) in [4.78, 5) is 12.2. The molecule has 0 unspecified atom stereocenters. The van der Waals surface area contributed by atoms with E-state index in [1.807, 2.05) is 30.5 Å². The van der Waals surface area contributed by atoms with Crippen LogP contribution in [0.15, 0.2) is 54.7 Å². The van der Waals surface area contributed by atoms with Crippen molar-refractivity contribution in [2.24, 2.45) is 5.92 Å². The number of amides is 1. The highest BCUT2D eigenvalue weighted by molar-refractivity contribution is 5.75. The molecule has 192 valence electrons. The second-order valence-corrected chi connectivity index (χ2v) is 9.39. The topological polar surface area (TPSA) is 78.3 Å². The second kappa shape index (κ2) is 13.5. The number of unbranched alkanes of at least 4 members (excludes halogenated alkanes) is 2. The third kappa shape index (κ3) is 8.26. The van der Waals surface area contributed by atoms with Gasteiger partial charge in [-0.3, -0.25) is 4.79 Å². The Kier molecular flexibility index (Phi) is 10.1. The van der Waals surface area contributed by atoms with Crippen LogP contribution in [-0.4, -0.2) is 28.0 Å². The standard InChI is InChI=1S/C29H38N4O3/c1-21(2)10-8-6-7-9-11-29(34)30-18-24-13-15-27(28(17-24)35-5)36-20-25-19-33(32-31-25)26-14-12-22(3)23(4)16-26/h8,10,12-17,19,21H,6-7,9,11,18,20H2,1-5H3,(H,30,34)/b10-8+. The van der Waals surface area contributed by atoms with Crippen LogP contribution in [0.5, 0.6) is 11.5 Å². The van der Waals surface area contributed by atoms with E-state index in [4.69, 9.17) is 9.47 Å². The van der Waals surface area contributed by atoms with Crippen LogP contribution in [0.4, 0.5) is 0 Å². The molecule has 1 heterocycles. The molecule has 0 spiro atoms. The van der Waals surface area contributed by atoms with Crippen molar-refractivity contribution in [2.45, 2.75) is 66.5 Å². The van der Waals surface area contributed by atoms with E-state index in [1.54, 1.807) is 11.8 Å². The van der Waals surface area contributed by atoms with E-state index in [9.17, 15) is 4.79 Å². The first-order valence-electron chi connectivity index (χ1n) is 12.6. The molecule has 7 heteroatoms. The van der Waals surface area contributed by atoms with Crippen molar-refractivity contribution in [3.63, 3.8) is 0 Å². The largest absolute Gasteiger partial charge is 0.493 e. The van der Waals surface area contributed by atoms with Crippen LogP contribution in [0.25, 0.3) is 5.69 Å². The summed E-state index contributed by atoms with van der Waals surface area (Å²) >= 11 is 0. The SMILES string of the molecule is COc1cc(CNC(=O)CCCC/C=C/C(C)C)ccc1OCc1cn(-c2ccc(C)c(C)c2)nn1. The lowest BCUT2D eigenvalue weighted by Gasteiger charge is -2.12. The van der Waals surface area contributed by atoms with Gasteiger partial charge in [-0.2, -0.15) is 0 Å². The average molecular weight is 491 g/mol. The van der Waals surface area contributed by atoms with E-state index >= 15 is 0 Å². The summed E-state index contributed by atoms with van der Waals surface area (Å²) in [6.07, 6.45) is 9.74. The smallest absolute Gasteiger partial charge is 0.220 e. The Morgan fingerprint density at radius 1 is 1.08 bits per heavy atom. The lowest BCUT2D eigenvalue weighted by Crippen LogP contribution is -2.22. The van der Waals surface area contributed by atoms with Crippen LogP contribution in [-0.2, 0) is 17.9 Å². The molecule has 0 fully saturated rings. The van der Waals surface area contributed by atoms with Crippen molar-refractivity contribution in [1.82, 2.24) is 20.3 Å². The van der Waals surface area contributed by atoms with Crippen LogP contribution >= 0.6 is 0 Å². The maximum atomic E-state index is 12.2. The fraction of sp³-hybridized carbons (Fsp3) is 0.414. The number of methoxy groups -OCH3 is 1. The van der Waals surface area contributed by atoms with Gasteiger partial charge < -0.3 is 14.8 Å². The molecule has 0 aliphatic carbocycles. The van der Waals surface area contributed by atoms with Crippen LogP contribution in [0.2, 0.25) is 0 Å². The maximum Gasteiger partial charge on any atom is 0.220 e. The lowest BCUT2D eigenvalue weighted by atomic mass is 10.1. The van der Waals surface area contributed by atoms with Crippen molar-refractivity contribution in [2.75, 3.05) is 7.11 Å². The molecular formula is C29H38N4O3. The van der Waals surface area contributed by atoms with E-state index in [-0.39, 0.29) is 12.5 Å². The lowest BCUT2D eigenvalue weighted by molar-refractivity contribution is -0.121. The van der Waals surface area contributed by atoms with Gasteiger partial charge in [0, 0.05) is 13.0 Å². The quantitative estimate of drug-likeness (QED) is 0.240. The molecule has 0 aliphatic rings. The molecule has 1 amide bonds. The highest BCUT2D eigenvalue weighted by Crippen LogP contribution is 2.29. The van der Waals surface area contributed by atoms with E-state index in [2.05, 4.69) is 67.6 Å². The summed E-state index contributed by atoms with van der Waals surface area (Å²) in [6, 6.07) is 11.9. The minimum atomic E-state index is 0.0639. The van der Waals surface area contributed by atoms with Gasteiger partial charge in [0.15, 0.2) is 11.5 Å². The maximum absolute atomic E-state index is 12.2. The van der Waals surface area contributed by atoms with Crippen LogP contribution in [0, 0.1) is 19.8 Å². The van der Waals surface area contributed by atoms with Crippen molar-refractivity contribution in [3.8, 4) is 17.2 Å². The Morgan fingerprint density at radius 2 is 1.92 bits per heavy atom. The number of aryl methyl sites for hydroxylation is 2. The zero-order valence-corrected chi connectivity index (χ0v) is 22.1. The van der Waals surface area contributed by atoms with E-state index in [1.165, 1.54) is 11.1 Å². The van der Waals surface area contributed by atoms with Gasteiger partial charge in [0.05, 0.1) is 19.0 Å². The molecule has 3 rings (SSSR count). The Bertz CT molecular complexity index is 1170. The monoisotopic (exact) mass is 490 g/mol. The first-order valence-corrected chi connectivity index (χ1v) is 12.6. The fourth-order valence-corrected chi connectivity index (χ4v) is 3.66. The Labute approximate surface area is 214 Å². The van der Waals surface area contributed by atoms with Crippen molar-refractivity contribution in [3.05, 3.63) is 77.1 Å². The van der Waals surface area contributed by atoms with Gasteiger partial charge in [0.2, 0.25) is 5.91 Å². The van der Waals surface area contributed by atoms with Crippen LogP contribution in [0.3, 0.4) is 0 Å². The van der Waals surface area contributed by atoms with Crippen molar-refractivity contribution >= 4 is 5.91 Å². The number of ether oxygens (including phenoxy) is 2. The Balaban J connectivity index is 1.48. The average Bonchev–Trinajstić information content (AvgIpc) is 3.34. The molecular weight excluding hydrogens is 452 g/mol. The number of hydrogen-bond acceptors (Lipinski definition) is 5. The van der Waals surface area contributed by atoms with Crippen molar-refractivity contribution in [1.29, 1.82) is 0 Å². The summed E-state index contributed by atoms with van der Waals surface area (Å²) in [5.74, 6) is 1.86. The Hall–Kier alpha value is -3.61. The number of hydrogen-bond donors (Lipinski definition) is 1. The second-order valence-electron chi connectivity index (χ2n) is 9.39. The van der Waals surface area contributed by atoms with Gasteiger partial charge in [-0.05, 0) is 80.0 Å². The number of allylic oxidation sites excluding steroid dienone is 2. The van der Waals surface area contributed by atoms with E-state index in [0.29, 0.717) is 36.1 Å². The zero-order valence-electron chi connectivity index (χ0n) is 22.1. The summed E-state index contributed by atoms with van der Waals surface area (Å²) < 4.78 is 13.2. The molecule has 7 nitrogen and oxygen atoms in total. The number of benzene rings is 2. The minimum absolute atomic E-state index is 0.0639. The normalized spacial score (nSPS) is 11.3. The summed E-state index contributed by atoms with van der Waals surface area (Å²) in [5.41, 5.74) is 5.07. The zero-order chi connectivity index (χ0) is 25.9. The third-order valence-corrected chi connectivity index (χ3v) is 5.93. The molecule has 2 aromatic carbocycles. The molecule has 0 saturated heterocycles. The highest BCUT2D eigenvalue weighted by Gasteiger charge is 2.10. The van der Waals surface area contributed by atoms with E-state index in [0.717, 1.165) is 30.5 Å². The van der Waals surface area contributed by atoms with Gasteiger partial charge in [0.1, 0.15) is 12.3 Å². The number of rotatable bonds is 13. The molecule has 0 aliphatic heterocycles. The number of nitrogens with zero attached hydrogens (tertiary/aromatic N) is 3. The fourth-order valence-electron chi connectivity index (χ4n) is 3.66. The molecule has 0 atom stereocenters. The molecule has 1 aromatic heterocycles. The predicted molar refractivity (Wildman–Crippen MR) is 142 cm³/mol. The van der Waals surface area contributed by atoms with E-state index < -0.39 is 0 Å². The summed E-state index contributed by atoms with van der Waals surface area (Å²) in [6.45, 7) is 9.21.